The van der Waals surface area contributed by atoms with E-state index in [1.54, 1.807) is 0 Å². The minimum atomic E-state index is 0.584. The van der Waals surface area contributed by atoms with E-state index in [2.05, 4.69) is 30.2 Å². The van der Waals surface area contributed by atoms with Gasteiger partial charge < -0.3 is 10.1 Å². The van der Waals surface area contributed by atoms with Gasteiger partial charge in [-0.15, -0.1) is 0 Å². The summed E-state index contributed by atoms with van der Waals surface area (Å²) in [5, 5.41) is 3.60. The van der Waals surface area contributed by atoms with E-state index in [-0.39, 0.29) is 0 Å². The third-order valence-corrected chi connectivity index (χ3v) is 3.81. The molecule has 0 amide bonds. The summed E-state index contributed by atoms with van der Waals surface area (Å²) in [6, 6.07) is 4.57. The first-order valence-electron chi connectivity index (χ1n) is 7.04. The first-order valence-corrected chi connectivity index (χ1v) is 7.04. The van der Waals surface area contributed by atoms with Crippen LogP contribution < -0.4 is 10.1 Å². The first-order chi connectivity index (χ1) is 8.69. The van der Waals surface area contributed by atoms with Crippen molar-refractivity contribution in [2.24, 2.45) is 11.8 Å². The van der Waals surface area contributed by atoms with Gasteiger partial charge in [0, 0.05) is 12.1 Å². The minimum Gasteiger partial charge on any atom is -0.478 e. The SMILES string of the molecule is CCOc1ccc(NC2CCC(C)CC2C)cn1. The standard InChI is InChI=1S/C15H24N2O/c1-4-18-15-8-6-13(10-16-15)17-14-7-5-11(2)9-12(14)3/h6,8,10-12,14,17H,4-5,7,9H2,1-3H3. The second kappa shape index (κ2) is 6.07. The second-order valence-electron chi connectivity index (χ2n) is 5.46. The van der Waals surface area contributed by atoms with Crippen LogP contribution in [0.4, 0.5) is 5.69 Å². The van der Waals surface area contributed by atoms with Crippen LogP contribution in [0.2, 0.25) is 0 Å². The molecular weight excluding hydrogens is 224 g/mol. The van der Waals surface area contributed by atoms with Crippen molar-refractivity contribution < 1.29 is 4.74 Å². The summed E-state index contributed by atoms with van der Waals surface area (Å²) in [5.41, 5.74) is 1.10. The fourth-order valence-corrected chi connectivity index (χ4v) is 2.79. The molecule has 1 aliphatic carbocycles. The molecule has 1 heterocycles. The van der Waals surface area contributed by atoms with Crippen LogP contribution >= 0.6 is 0 Å². The molecule has 100 valence electrons. The molecule has 1 aromatic heterocycles. The van der Waals surface area contributed by atoms with Crippen molar-refractivity contribution in [3.8, 4) is 5.88 Å². The van der Waals surface area contributed by atoms with E-state index >= 15 is 0 Å². The topological polar surface area (TPSA) is 34.1 Å². The second-order valence-corrected chi connectivity index (χ2v) is 5.46. The lowest BCUT2D eigenvalue weighted by Crippen LogP contribution is -2.33. The summed E-state index contributed by atoms with van der Waals surface area (Å²) in [6.07, 6.45) is 5.78. The van der Waals surface area contributed by atoms with Crippen molar-refractivity contribution in [3.05, 3.63) is 18.3 Å². The number of nitrogens with zero attached hydrogens (tertiary/aromatic N) is 1. The van der Waals surface area contributed by atoms with Gasteiger partial charge in [-0.1, -0.05) is 13.8 Å². The van der Waals surface area contributed by atoms with E-state index in [0.717, 1.165) is 17.5 Å². The molecule has 3 unspecified atom stereocenters. The molecule has 0 spiro atoms. The molecule has 1 N–H and O–H groups in total. The smallest absolute Gasteiger partial charge is 0.213 e. The zero-order chi connectivity index (χ0) is 13.0. The zero-order valence-electron chi connectivity index (χ0n) is 11.6. The molecule has 3 nitrogen and oxygen atoms in total. The molecule has 0 saturated heterocycles. The van der Waals surface area contributed by atoms with E-state index in [1.807, 2.05) is 19.2 Å². The molecule has 3 heteroatoms. The van der Waals surface area contributed by atoms with Gasteiger partial charge in [-0.2, -0.15) is 0 Å². The van der Waals surface area contributed by atoms with Gasteiger partial charge in [-0.25, -0.2) is 4.98 Å². The monoisotopic (exact) mass is 248 g/mol. The molecule has 0 radical (unpaired) electrons. The largest absolute Gasteiger partial charge is 0.478 e. The molecule has 1 fully saturated rings. The number of hydrogen-bond acceptors (Lipinski definition) is 3. The fraction of sp³-hybridized carbons (Fsp3) is 0.667. The summed E-state index contributed by atoms with van der Waals surface area (Å²) >= 11 is 0. The lowest BCUT2D eigenvalue weighted by atomic mass is 9.80. The molecule has 0 aromatic carbocycles. The van der Waals surface area contributed by atoms with Gasteiger partial charge in [0.25, 0.3) is 0 Å². The average Bonchev–Trinajstić information content (AvgIpc) is 2.35. The van der Waals surface area contributed by atoms with Crippen LogP contribution in [0.15, 0.2) is 18.3 Å². The van der Waals surface area contributed by atoms with E-state index in [9.17, 15) is 0 Å². The Kier molecular flexibility index (Phi) is 4.45. The molecule has 2 rings (SSSR count). The third-order valence-electron chi connectivity index (χ3n) is 3.81. The fourth-order valence-electron chi connectivity index (χ4n) is 2.79. The van der Waals surface area contributed by atoms with Crippen molar-refractivity contribution in [2.45, 2.75) is 46.1 Å². The number of ether oxygens (including phenoxy) is 1. The molecule has 0 aliphatic heterocycles. The van der Waals surface area contributed by atoms with Gasteiger partial charge >= 0.3 is 0 Å². The zero-order valence-corrected chi connectivity index (χ0v) is 11.6. The lowest BCUT2D eigenvalue weighted by Gasteiger charge is -2.33. The van der Waals surface area contributed by atoms with E-state index in [0.29, 0.717) is 18.5 Å². The normalized spacial score (nSPS) is 27.8. The van der Waals surface area contributed by atoms with Crippen molar-refractivity contribution in [1.82, 2.24) is 4.98 Å². The van der Waals surface area contributed by atoms with Gasteiger partial charge in [0.1, 0.15) is 0 Å². The van der Waals surface area contributed by atoms with Crippen LogP contribution in [-0.4, -0.2) is 17.6 Å². The maximum absolute atomic E-state index is 5.35. The van der Waals surface area contributed by atoms with Crippen LogP contribution in [0.25, 0.3) is 0 Å². The number of anilines is 1. The summed E-state index contributed by atoms with van der Waals surface area (Å²) in [4.78, 5) is 4.29. The van der Waals surface area contributed by atoms with Crippen molar-refractivity contribution in [2.75, 3.05) is 11.9 Å². The van der Waals surface area contributed by atoms with E-state index in [4.69, 9.17) is 4.74 Å². The Balaban J connectivity index is 1.92. The Bertz CT molecular complexity index is 363. The number of nitrogens with one attached hydrogen (secondary N) is 1. The Labute approximate surface area is 110 Å². The predicted octanol–water partition coefficient (Wildman–Crippen LogP) is 3.72. The predicted molar refractivity (Wildman–Crippen MR) is 75.0 cm³/mol. The number of pyridine rings is 1. The highest BCUT2D eigenvalue weighted by Crippen LogP contribution is 2.30. The van der Waals surface area contributed by atoms with Crippen molar-refractivity contribution >= 4 is 5.69 Å². The summed E-state index contributed by atoms with van der Waals surface area (Å²) < 4.78 is 5.35. The van der Waals surface area contributed by atoms with Crippen LogP contribution in [-0.2, 0) is 0 Å². The van der Waals surface area contributed by atoms with Crippen LogP contribution in [0.1, 0.15) is 40.0 Å². The highest BCUT2D eigenvalue weighted by molar-refractivity contribution is 5.43. The van der Waals surface area contributed by atoms with Gasteiger partial charge in [0.15, 0.2) is 0 Å². The number of hydrogen-bond donors (Lipinski definition) is 1. The Morgan fingerprint density at radius 3 is 2.78 bits per heavy atom. The molecule has 0 bridgehead atoms. The van der Waals surface area contributed by atoms with Crippen LogP contribution in [0.5, 0.6) is 5.88 Å². The maximum atomic E-state index is 5.35. The third kappa shape index (κ3) is 3.37. The molecule has 3 atom stereocenters. The van der Waals surface area contributed by atoms with Gasteiger partial charge in [-0.3, -0.25) is 0 Å². The Hall–Kier alpha value is -1.25. The molecule has 1 aromatic rings. The summed E-state index contributed by atoms with van der Waals surface area (Å²) in [7, 11) is 0. The summed E-state index contributed by atoms with van der Waals surface area (Å²) in [5.74, 6) is 2.31. The van der Waals surface area contributed by atoms with Crippen molar-refractivity contribution in [3.63, 3.8) is 0 Å². The van der Waals surface area contributed by atoms with Gasteiger partial charge in [-0.05, 0) is 44.1 Å². The minimum absolute atomic E-state index is 0.584. The highest BCUT2D eigenvalue weighted by Gasteiger charge is 2.24. The molecule has 18 heavy (non-hydrogen) atoms. The van der Waals surface area contributed by atoms with Gasteiger partial charge in [0.05, 0.1) is 18.5 Å². The lowest BCUT2D eigenvalue weighted by molar-refractivity contribution is 0.276. The Morgan fingerprint density at radius 2 is 2.17 bits per heavy atom. The van der Waals surface area contributed by atoms with Gasteiger partial charge in [0.2, 0.25) is 5.88 Å². The van der Waals surface area contributed by atoms with E-state index < -0.39 is 0 Å². The number of aromatic nitrogens is 1. The number of rotatable bonds is 4. The van der Waals surface area contributed by atoms with Crippen LogP contribution in [0, 0.1) is 11.8 Å². The van der Waals surface area contributed by atoms with Crippen molar-refractivity contribution in [1.29, 1.82) is 0 Å². The Morgan fingerprint density at radius 1 is 1.33 bits per heavy atom. The molecular formula is C15H24N2O. The maximum Gasteiger partial charge on any atom is 0.213 e. The van der Waals surface area contributed by atoms with Crippen LogP contribution in [0.3, 0.4) is 0 Å². The molecule has 1 aliphatic rings. The average molecular weight is 248 g/mol. The first kappa shape index (κ1) is 13.2. The highest BCUT2D eigenvalue weighted by atomic mass is 16.5. The van der Waals surface area contributed by atoms with E-state index in [1.165, 1.54) is 19.3 Å². The summed E-state index contributed by atoms with van der Waals surface area (Å²) in [6.45, 7) is 7.33. The quantitative estimate of drug-likeness (QED) is 0.882. The molecule has 1 saturated carbocycles.